The standard InChI is InChI=1S/C15H31N/c1-5-12(3)11-15(16-4)14-9-7-13(6-2)8-10-14/h12-16H,5-11H2,1-4H3. The Morgan fingerprint density at radius 2 is 1.75 bits per heavy atom. The first kappa shape index (κ1) is 14.0. The fraction of sp³-hybridized carbons (Fsp3) is 1.00. The van der Waals surface area contributed by atoms with Gasteiger partial charge in [-0.05, 0) is 44.1 Å². The largest absolute Gasteiger partial charge is 0.317 e. The molecule has 0 amide bonds. The van der Waals surface area contributed by atoms with Gasteiger partial charge in [0.2, 0.25) is 0 Å². The predicted octanol–water partition coefficient (Wildman–Crippen LogP) is 4.23. The summed E-state index contributed by atoms with van der Waals surface area (Å²) >= 11 is 0. The summed E-state index contributed by atoms with van der Waals surface area (Å²) in [5.41, 5.74) is 0. The van der Waals surface area contributed by atoms with Gasteiger partial charge in [0.15, 0.2) is 0 Å². The van der Waals surface area contributed by atoms with Crippen molar-refractivity contribution in [3.05, 3.63) is 0 Å². The van der Waals surface area contributed by atoms with Crippen molar-refractivity contribution in [2.24, 2.45) is 17.8 Å². The van der Waals surface area contributed by atoms with Crippen molar-refractivity contribution in [3.8, 4) is 0 Å². The van der Waals surface area contributed by atoms with Crippen LogP contribution in [0.1, 0.15) is 65.7 Å². The maximum atomic E-state index is 3.57. The van der Waals surface area contributed by atoms with Crippen LogP contribution < -0.4 is 5.32 Å². The van der Waals surface area contributed by atoms with Gasteiger partial charge in [-0.3, -0.25) is 0 Å². The first-order valence-corrected chi connectivity index (χ1v) is 7.38. The topological polar surface area (TPSA) is 12.0 Å². The molecule has 1 nitrogen and oxygen atoms in total. The maximum Gasteiger partial charge on any atom is 0.00948 e. The summed E-state index contributed by atoms with van der Waals surface area (Å²) in [6.45, 7) is 7.05. The molecule has 2 atom stereocenters. The molecular weight excluding hydrogens is 194 g/mol. The second-order valence-corrected chi connectivity index (χ2v) is 5.83. The SMILES string of the molecule is CCC(C)CC(NC)C1CCC(CC)CC1. The van der Waals surface area contributed by atoms with Gasteiger partial charge in [-0.25, -0.2) is 0 Å². The van der Waals surface area contributed by atoms with E-state index in [1.54, 1.807) is 0 Å². The van der Waals surface area contributed by atoms with Gasteiger partial charge in [-0.2, -0.15) is 0 Å². The lowest BCUT2D eigenvalue weighted by Gasteiger charge is -2.34. The summed E-state index contributed by atoms with van der Waals surface area (Å²) in [4.78, 5) is 0. The summed E-state index contributed by atoms with van der Waals surface area (Å²) < 4.78 is 0. The fourth-order valence-corrected chi connectivity index (χ4v) is 3.15. The van der Waals surface area contributed by atoms with E-state index in [0.717, 1.165) is 23.8 Å². The van der Waals surface area contributed by atoms with E-state index in [4.69, 9.17) is 0 Å². The average molecular weight is 225 g/mol. The van der Waals surface area contributed by atoms with E-state index in [1.165, 1.54) is 44.9 Å². The molecule has 1 aliphatic carbocycles. The molecule has 1 rings (SSSR count). The zero-order valence-electron chi connectivity index (χ0n) is 11.8. The minimum Gasteiger partial charge on any atom is -0.317 e. The van der Waals surface area contributed by atoms with E-state index in [1.807, 2.05) is 0 Å². The summed E-state index contributed by atoms with van der Waals surface area (Å²) in [6.07, 6.45) is 9.94. The highest BCUT2D eigenvalue weighted by Crippen LogP contribution is 2.34. The van der Waals surface area contributed by atoms with Crippen molar-refractivity contribution in [2.75, 3.05) is 7.05 Å². The van der Waals surface area contributed by atoms with E-state index in [2.05, 4.69) is 33.1 Å². The van der Waals surface area contributed by atoms with Gasteiger partial charge in [0.1, 0.15) is 0 Å². The molecule has 0 bridgehead atoms. The van der Waals surface area contributed by atoms with Crippen molar-refractivity contribution < 1.29 is 0 Å². The predicted molar refractivity (Wildman–Crippen MR) is 72.7 cm³/mol. The normalized spacial score (nSPS) is 30.0. The molecule has 16 heavy (non-hydrogen) atoms. The van der Waals surface area contributed by atoms with Crippen molar-refractivity contribution in [3.63, 3.8) is 0 Å². The smallest absolute Gasteiger partial charge is 0.00948 e. The van der Waals surface area contributed by atoms with Gasteiger partial charge in [0.25, 0.3) is 0 Å². The van der Waals surface area contributed by atoms with Crippen LogP contribution in [-0.4, -0.2) is 13.1 Å². The lowest BCUT2D eigenvalue weighted by atomic mass is 9.75. The first-order chi connectivity index (χ1) is 7.71. The van der Waals surface area contributed by atoms with Crippen LogP contribution in [0, 0.1) is 17.8 Å². The zero-order valence-corrected chi connectivity index (χ0v) is 11.8. The summed E-state index contributed by atoms with van der Waals surface area (Å²) in [5, 5.41) is 3.57. The van der Waals surface area contributed by atoms with Crippen LogP contribution >= 0.6 is 0 Å². The number of nitrogens with one attached hydrogen (secondary N) is 1. The molecule has 0 aliphatic heterocycles. The van der Waals surface area contributed by atoms with Crippen LogP contribution in [0.2, 0.25) is 0 Å². The van der Waals surface area contributed by atoms with Gasteiger partial charge in [-0.1, -0.05) is 46.5 Å². The quantitative estimate of drug-likeness (QED) is 0.713. The third-order valence-electron chi connectivity index (χ3n) is 4.76. The van der Waals surface area contributed by atoms with Crippen molar-refractivity contribution in [1.82, 2.24) is 5.32 Å². The Morgan fingerprint density at radius 3 is 2.19 bits per heavy atom. The molecular formula is C15H31N. The molecule has 0 spiro atoms. The minimum atomic E-state index is 0.771. The van der Waals surface area contributed by atoms with Gasteiger partial charge in [0, 0.05) is 6.04 Å². The maximum absolute atomic E-state index is 3.57. The molecule has 1 fully saturated rings. The zero-order chi connectivity index (χ0) is 12.0. The van der Waals surface area contributed by atoms with Crippen LogP contribution in [0.3, 0.4) is 0 Å². The van der Waals surface area contributed by atoms with Crippen molar-refractivity contribution in [1.29, 1.82) is 0 Å². The fourth-order valence-electron chi connectivity index (χ4n) is 3.15. The molecule has 0 aromatic heterocycles. The molecule has 0 heterocycles. The molecule has 2 unspecified atom stereocenters. The van der Waals surface area contributed by atoms with Crippen molar-refractivity contribution >= 4 is 0 Å². The van der Waals surface area contributed by atoms with E-state index in [9.17, 15) is 0 Å². The molecule has 1 N–H and O–H groups in total. The Morgan fingerprint density at radius 1 is 1.12 bits per heavy atom. The second-order valence-electron chi connectivity index (χ2n) is 5.83. The summed E-state index contributed by atoms with van der Waals surface area (Å²) in [7, 11) is 2.15. The summed E-state index contributed by atoms with van der Waals surface area (Å²) in [5.74, 6) is 2.85. The highest BCUT2D eigenvalue weighted by molar-refractivity contribution is 4.81. The number of hydrogen-bond donors (Lipinski definition) is 1. The molecule has 0 saturated heterocycles. The van der Waals surface area contributed by atoms with Crippen LogP contribution in [0.4, 0.5) is 0 Å². The molecule has 1 aliphatic rings. The molecule has 1 heteroatoms. The van der Waals surface area contributed by atoms with Crippen molar-refractivity contribution in [2.45, 2.75) is 71.8 Å². The highest BCUT2D eigenvalue weighted by atomic mass is 14.9. The Kier molecular flexibility index (Phi) is 6.41. The van der Waals surface area contributed by atoms with Gasteiger partial charge < -0.3 is 5.32 Å². The molecule has 96 valence electrons. The number of hydrogen-bond acceptors (Lipinski definition) is 1. The Hall–Kier alpha value is -0.0400. The van der Waals surface area contributed by atoms with Crippen LogP contribution in [0.5, 0.6) is 0 Å². The van der Waals surface area contributed by atoms with Gasteiger partial charge in [-0.15, -0.1) is 0 Å². The molecule has 0 radical (unpaired) electrons. The lowest BCUT2D eigenvalue weighted by Crippen LogP contribution is -2.37. The third-order valence-corrected chi connectivity index (χ3v) is 4.76. The van der Waals surface area contributed by atoms with Crippen LogP contribution in [0.25, 0.3) is 0 Å². The monoisotopic (exact) mass is 225 g/mol. The van der Waals surface area contributed by atoms with E-state index in [-0.39, 0.29) is 0 Å². The first-order valence-electron chi connectivity index (χ1n) is 7.38. The number of rotatable bonds is 6. The molecule has 0 aromatic rings. The minimum absolute atomic E-state index is 0.771. The Balaban J connectivity index is 2.36. The van der Waals surface area contributed by atoms with Gasteiger partial charge in [0.05, 0.1) is 0 Å². The lowest BCUT2D eigenvalue weighted by molar-refractivity contribution is 0.203. The third kappa shape index (κ3) is 4.08. The average Bonchev–Trinajstić information content (AvgIpc) is 2.35. The van der Waals surface area contributed by atoms with E-state index >= 15 is 0 Å². The second kappa shape index (κ2) is 7.32. The summed E-state index contributed by atoms with van der Waals surface area (Å²) in [6, 6.07) is 0.771. The highest BCUT2D eigenvalue weighted by Gasteiger charge is 2.26. The molecule has 0 aromatic carbocycles. The van der Waals surface area contributed by atoms with E-state index < -0.39 is 0 Å². The van der Waals surface area contributed by atoms with E-state index in [0.29, 0.717) is 0 Å². The van der Waals surface area contributed by atoms with Crippen LogP contribution in [-0.2, 0) is 0 Å². The molecule has 1 saturated carbocycles. The van der Waals surface area contributed by atoms with Crippen LogP contribution in [0.15, 0.2) is 0 Å². The Labute approximate surface area is 102 Å². The Bertz CT molecular complexity index is 170. The van der Waals surface area contributed by atoms with Gasteiger partial charge >= 0.3 is 0 Å².